The molecule has 2 bridgehead atoms. The Hall–Kier alpha value is -2.72. The van der Waals surface area contributed by atoms with Gasteiger partial charge in [0.25, 0.3) is 0 Å². The fourth-order valence-corrected chi connectivity index (χ4v) is 5.61. The molecule has 3 atom stereocenters. The van der Waals surface area contributed by atoms with Crippen molar-refractivity contribution in [3.63, 3.8) is 0 Å². The zero-order chi connectivity index (χ0) is 22.1. The molecule has 2 amide bonds. The van der Waals surface area contributed by atoms with E-state index in [1.54, 1.807) is 12.4 Å². The third kappa shape index (κ3) is 4.29. The number of pyridine rings is 2. The summed E-state index contributed by atoms with van der Waals surface area (Å²) in [5.41, 5.74) is 1.65. The average molecular weight is 456 g/mol. The van der Waals surface area contributed by atoms with Gasteiger partial charge in [0.2, 0.25) is 0 Å². The van der Waals surface area contributed by atoms with Crippen LogP contribution in [0.4, 0.5) is 15.0 Å². The van der Waals surface area contributed by atoms with Gasteiger partial charge in [0.05, 0.1) is 11.7 Å². The number of alkyl halides is 1. The smallest absolute Gasteiger partial charge is 0.318 e. The lowest BCUT2D eigenvalue weighted by Gasteiger charge is -2.48. The Morgan fingerprint density at radius 1 is 1.19 bits per heavy atom. The molecule has 32 heavy (non-hydrogen) atoms. The van der Waals surface area contributed by atoms with Gasteiger partial charge in [-0.25, -0.2) is 14.2 Å². The highest BCUT2D eigenvalue weighted by atomic mass is 32.1. The van der Waals surface area contributed by atoms with Crippen LogP contribution in [-0.2, 0) is 0 Å². The number of amides is 2. The van der Waals surface area contributed by atoms with Gasteiger partial charge in [0.1, 0.15) is 22.5 Å². The van der Waals surface area contributed by atoms with E-state index in [0.717, 1.165) is 58.6 Å². The van der Waals surface area contributed by atoms with Crippen LogP contribution in [0.2, 0.25) is 0 Å². The predicted molar refractivity (Wildman–Crippen MR) is 122 cm³/mol. The van der Waals surface area contributed by atoms with E-state index in [1.807, 2.05) is 24.0 Å². The molecule has 1 unspecified atom stereocenters. The molecule has 5 heterocycles. The number of nitrogens with zero attached hydrogens (tertiary/aromatic N) is 5. The number of carbonyl (C=O) groups is 1. The molecule has 5 rings (SSSR count). The predicted octanol–water partition coefficient (Wildman–Crippen LogP) is 3.93. The van der Waals surface area contributed by atoms with Crippen molar-refractivity contribution in [2.45, 2.75) is 57.2 Å². The summed E-state index contributed by atoms with van der Waals surface area (Å²) >= 11 is 1.52. The van der Waals surface area contributed by atoms with Crippen LogP contribution in [0.15, 0.2) is 24.5 Å². The monoisotopic (exact) mass is 455 g/mol. The van der Waals surface area contributed by atoms with Crippen molar-refractivity contribution < 1.29 is 9.18 Å². The van der Waals surface area contributed by atoms with Crippen molar-refractivity contribution in [1.82, 2.24) is 30.4 Å². The van der Waals surface area contributed by atoms with Crippen molar-refractivity contribution in [1.29, 1.82) is 0 Å². The van der Waals surface area contributed by atoms with Crippen molar-refractivity contribution in [3.05, 3.63) is 29.5 Å². The highest BCUT2D eigenvalue weighted by molar-refractivity contribution is 7.14. The average Bonchev–Trinajstić information content (AvgIpc) is 3.22. The maximum absolute atomic E-state index is 13.2. The molecule has 2 fully saturated rings. The zero-order valence-electron chi connectivity index (χ0n) is 17.9. The van der Waals surface area contributed by atoms with Crippen molar-refractivity contribution in [2.75, 3.05) is 18.5 Å². The number of piperidine rings is 2. The number of nitrogens with one attached hydrogen (secondary N) is 2. The molecule has 2 N–H and O–H groups in total. The van der Waals surface area contributed by atoms with Gasteiger partial charge in [0, 0.05) is 41.8 Å². The van der Waals surface area contributed by atoms with E-state index in [0.29, 0.717) is 12.4 Å². The Morgan fingerprint density at radius 2 is 2.00 bits per heavy atom. The molecule has 2 aliphatic rings. The number of anilines is 1. The van der Waals surface area contributed by atoms with Gasteiger partial charge in [-0.3, -0.25) is 10.3 Å². The maximum atomic E-state index is 13.2. The number of urea groups is 1. The SMILES string of the molecule is Cc1nnc(-c2cnc3cnc(NC(=O)N4[C@@H]5CCC[C@H]4CC(NCCF)C5)cc3c2)s1. The second-order valence-corrected chi connectivity index (χ2v) is 9.68. The lowest BCUT2D eigenvalue weighted by Crippen LogP contribution is -2.59. The Balaban J connectivity index is 1.33. The first-order valence-corrected chi connectivity index (χ1v) is 11.9. The molecule has 10 heteroatoms. The van der Waals surface area contributed by atoms with E-state index >= 15 is 0 Å². The van der Waals surface area contributed by atoms with Crippen molar-refractivity contribution in [2.24, 2.45) is 0 Å². The van der Waals surface area contributed by atoms with Crippen molar-refractivity contribution in [3.8, 4) is 10.6 Å². The first-order chi connectivity index (χ1) is 15.6. The number of halogens is 1. The minimum atomic E-state index is -0.362. The minimum Gasteiger partial charge on any atom is -0.318 e. The molecule has 2 saturated heterocycles. The summed E-state index contributed by atoms with van der Waals surface area (Å²) in [7, 11) is 0. The number of aromatic nitrogens is 4. The standard InChI is InChI=1S/C22H26FN7OS/c1-13-28-29-21(32-13)15-7-14-8-20(26-12-19(14)25-11-15)27-22(31)30-17-3-2-4-18(30)10-16(9-17)24-6-5-23/h7-8,11-12,16-18,24H,2-6,9-10H2,1H3,(H,26,27,31)/t16?,17-,18+. The Morgan fingerprint density at radius 3 is 2.72 bits per heavy atom. The summed E-state index contributed by atoms with van der Waals surface area (Å²) in [5.74, 6) is 0.505. The van der Waals surface area contributed by atoms with Crippen LogP contribution in [0.3, 0.4) is 0 Å². The van der Waals surface area contributed by atoms with Crippen LogP contribution >= 0.6 is 11.3 Å². The molecule has 8 nitrogen and oxygen atoms in total. The van der Waals surface area contributed by atoms with Crippen LogP contribution < -0.4 is 10.6 Å². The minimum absolute atomic E-state index is 0.112. The Bertz CT molecular complexity index is 1110. The molecular weight excluding hydrogens is 429 g/mol. The second kappa shape index (κ2) is 9.03. The summed E-state index contributed by atoms with van der Waals surface area (Å²) in [4.78, 5) is 24.1. The third-order valence-corrected chi connectivity index (χ3v) is 7.20. The maximum Gasteiger partial charge on any atom is 0.323 e. The number of hydrogen-bond acceptors (Lipinski definition) is 7. The molecular formula is C22H26FN7OS. The lowest BCUT2D eigenvalue weighted by molar-refractivity contribution is 0.0611. The van der Waals surface area contributed by atoms with E-state index in [4.69, 9.17) is 0 Å². The second-order valence-electron chi connectivity index (χ2n) is 8.50. The topological polar surface area (TPSA) is 95.9 Å². The van der Waals surface area contributed by atoms with Gasteiger partial charge >= 0.3 is 6.03 Å². The molecule has 0 spiro atoms. The van der Waals surface area contributed by atoms with Crippen LogP contribution in [0, 0.1) is 6.92 Å². The Labute approximate surface area is 189 Å². The summed E-state index contributed by atoms with van der Waals surface area (Å²) in [6, 6.07) is 4.36. The van der Waals surface area contributed by atoms with Gasteiger partial charge in [-0.05, 0) is 51.2 Å². The summed E-state index contributed by atoms with van der Waals surface area (Å²) in [5, 5.41) is 17.2. The van der Waals surface area contributed by atoms with E-state index in [9.17, 15) is 9.18 Å². The molecule has 3 aromatic heterocycles. The largest absolute Gasteiger partial charge is 0.323 e. The van der Waals surface area contributed by atoms with Gasteiger partial charge in [-0.15, -0.1) is 10.2 Å². The van der Waals surface area contributed by atoms with E-state index in [-0.39, 0.29) is 30.8 Å². The van der Waals surface area contributed by atoms with Gasteiger partial charge < -0.3 is 10.2 Å². The van der Waals surface area contributed by atoms with Gasteiger partial charge in [-0.1, -0.05) is 11.3 Å². The fourth-order valence-electron chi connectivity index (χ4n) is 4.94. The molecule has 3 aromatic rings. The van der Waals surface area contributed by atoms with Crippen molar-refractivity contribution >= 4 is 34.1 Å². The van der Waals surface area contributed by atoms with Crippen LogP contribution in [0.5, 0.6) is 0 Å². The quantitative estimate of drug-likeness (QED) is 0.605. The number of carbonyl (C=O) groups excluding carboxylic acids is 1. The number of rotatable bonds is 5. The third-order valence-electron chi connectivity index (χ3n) is 6.31. The van der Waals surface area contributed by atoms with Gasteiger partial charge in [0.15, 0.2) is 0 Å². The number of aryl methyl sites for hydroxylation is 1. The molecule has 0 radical (unpaired) electrons. The molecule has 0 aliphatic carbocycles. The fraction of sp³-hybridized carbons (Fsp3) is 0.500. The first-order valence-electron chi connectivity index (χ1n) is 11.1. The van der Waals surface area contributed by atoms with Crippen LogP contribution in [0.25, 0.3) is 21.5 Å². The normalized spacial score (nSPS) is 22.8. The Kier molecular flexibility index (Phi) is 5.97. The van der Waals surface area contributed by atoms with Crippen LogP contribution in [0.1, 0.15) is 37.1 Å². The molecule has 0 saturated carbocycles. The number of fused-ring (bicyclic) bond motifs is 3. The molecule has 2 aliphatic heterocycles. The summed E-state index contributed by atoms with van der Waals surface area (Å²) < 4.78 is 12.6. The number of hydrogen-bond donors (Lipinski definition) is 2. The summed E-state index contributed by atoms with van der Waals surface area (Å²) in [6.07, 6.45) is 8.27. The highest BCUT2D eigenvalue weighted by Gasteiger charge is 2.40. The highest BCUT2D eigenvalue weighted by Crippen LogP contribution is 2.34. The first kappa shape index (κ1) is 21.1. The van der Waals surface area contributed by atoms with E-state index in [1.165, 1.54) is 11.3 Å². The zero-order valence-corrected chi connectivity index (χ0v) is 18.7. The lowest BCUT2D eigenvalue weighted by atomic mass is 9.82. The molecule has 168 valence electrons. The van der Waals surface area contributed by atoms with E-state index in [2.05, 4.69) is 30.8 Å². The van der Waals surface area contributed by atoms with Gasteiger partial charge in [-0.2, -0.15) is 0 Å². The van der Waals surface area contributed by atoms with E-state index < -0.39 is 0 Å². The summed E-state index contributed by atoms with van der Waals surface area (Å²) in [6.45, 7) is 1.94. The van der Waals surface area contributed by atoms with Crippen LogP contribution in [-0.4, -0.2) is 62.4 Å². The molecule has 0 aromatic carbocycles.